The van der Waals surface area contributed by atoms with E-state index in [2.05, 4.69) is 0 Å². The topological polar surface area (TPSA) is 20.9 Å². The van der Waals surface area contributed by atoms with E-state index in [9.17, 15) is 39.7 Å². The Morgan fingerprint density at radius 1 is 0.862 bits per heavy atom. The van der Waals surface area contributed by atoms with Crippen molar-refractivity contribution >= 4 is 29.6 Å². The standard InChI is InChI=1S/C11H10NOS.C6BF8/c13-11(8-12-6-7-14-9-12)10-4-2-1-3-5-10;8-2-1(7(13,14)15)3(9)5(11)6(12)4(2)10/h1-7,9H,8H2;/q+1;-1. The lowest BCUT2D eigenvalue weighted by atomic mass is 9.79. The Morgan fingerprint density at radius 3 is 1.83 bits per heavy atom. The molecule has 1 heterocycles. The molecule has 0 aliphatic heterocycles. The number of hydrogen-bond donors (Lipinski definition) is 0. The van der Waals surface area contributed by atoms with Gasteiger partial charge in [0.2, 0.25) is 17.8 Å². The Bertz CT molecular complexity index is 964. The van der Waals surface area contributed by atoms with Crippen molar-refractivity contribution in [2.45, 2.75) is 6.54 Å². The monoisotopic (exact) mass is 439 g/mol. The van der Waals surface area contributed by atoms with Crippen molar-refractivity contribution in [1.29, 1.82) is 0 Å². The third kappa shape index (κ3) is 5.40. The highest BCUT2D eigenvalue weighted by atomic mass is 32.1. The number of halogens is 8. The van der Waals surface area contributed by atoms with Crippen LogP contribution in [-0.2, 0) is 6.54 Å². The van der Waals surface area contributed by atoms with E-state index < -0.39 is 41.5 Å². The van der Waals surface area contributed by atoms with E-state index >= 15 is 0 Å². The second-order valence-corrected chi connectivity index (χ2v) is 6.30. The number of rotatable bonds is 4. The molecule has 0 N–H and O–H groups in total. The molecule has 0 radical (unpaired) electrons. The number of carbonyl (C=O) groups is 1. The molecule has 2 aromatic carbocycles. The Labute approximate surface area is 163 Å². The minimum absolute atomic E-state index is 0.147. The van der Waals surface area contributed by atoms with Gasteiger partial charge in [-0.25, -0.2) is 22.0 Å². The van der Waals surface area contributed by atoms with Gasteiger partial charge in [-0.2, -0.15) is 4.57 Å². The smallest absolute Gasteiger partial charge is 0.445 e. The van der Waals surface area contributed by atoms with Crippen molar-refractivity contribution in [3.8, 4) is 0 Å². The van der Waals surface area contributed by atoms with Gasteiger partial charge in [0.1, 0.15) is 11.6 Å². The van der Waals surface area contributed by atoms with Gasteiger partial charge in [-0.05, 0) is 5.46 Å². The zero-order valence-corrected chi connectivity index (χ0v) is 15.0. The highest BCUT2D eigenvalue weighted by Gasteiger charge is 2.37. The van der Waals surface area contributed by atoms with Crippen LogP contribution in [0.1, 0.15) is 10.4 Å². The molecule has 154 valence electrons. The molecule has 0 saturated carbocycles. The number of Topliss-reactive ketones (excluding diaryl/α,β-unsaturated/α-hetero) is 1. The van der Waals surface area contributed by atoms with Crippen LogP contribution in [-0.4, -0.2) is 12.8 Å². The Kier molecular flexibility index (Phi) is 7.12. The average Bonchev–Trinajstić information content (AvgIpc) is 3.18. The van der Waals surface area contributed by atoms with Gasteiger partial charge >= 0.3 is 6.98 Å². The van der Waals surface area contributed by atoms with E-state index in [4.69, 9.17) is 0 Å². The van der Waals surface area contributed by atoms with Crippen LogP contribution < -0.4 is 10.0 Å². The third-order valence-corrected chi connectivity index (χ3v) is 4.19. The maximum Gasteiger partial charge on any atom is 0.515 e. The Hall–Kier alpha value is -2.76. The molecule has 3 aromatic rings. The number of benzene rings is 2. The number of ketones is 1. The molecule has 0 bridgehead atoms. The molecule has 29 heavy (non-hydrogen) atoms. The fourth-order valence-corrected chi connectivity index (χ4v) is 2.74. The van der Waals surface area contributed by atoms with Gasteiger partial charge in [0.25, 0.3) is 0 Å². The van der Waals surface area contributed by atoms with Crippen molar-refractivity contribution in [2.75, 3.05) is 0 Å². The summed E-state index contributed by atoms with van der Waals surface area (Å²) in [5.41, 5.74) is -0.0292. The lowest BCUT2D eigenvalue weighted by Gasteiger charge is -2.17. The first kappa shape index (κ1) is 22.5. The number of aromatic nitrogens is 1. The summed E-state index contributed by atoms with van der Waals surface area (Å²) >= 11 is 1.59. The molecule has 1 aromatic heterocycles. The van der Waals surface area contributed by atoms with Gasteiger partial charge in [-0.3, -0.25) is 4.79 Å². The number of hydrogen-bond acceptors (Lipinski definition) is 2. The summed E-state index contributed by atoms with van der Waals surface area (Å²) in [4.78, 5) is 11.7. The van der Waals surface area contributed by atoms with Gasteiger partial charge in [-0.1, -0.05) is 41.7 Å². The van der Waals surface area contributed by atoms with Crippen molar-refractivity contribution < 1.29 is 44.3 Å². The largest absolute Gasteiger partial charge is 0.515 e. The van der Waals surface area contributed by atoms with Crippen molar-refractivity contribution in [3.05, 3.63) is 82.1 Å². The Morgan fingerprint density at radius 2 is 1.38 bits per heavy atom. The SMILES string of the molecule is Fc1c(F)c(F)c([B-](F)(F)F)c(F)c1F.O=C(C[n+]1ccsc1)c1ccccc1. The van der Waals surface area contributed by atoms with Gasteiger partial charge in [0.15, 0.2) is 23.6 Å². The summed E-state index contributed by atoms with van der Waals surface area (Å²) < 4.78 is 99.5. The van der Waals surface area contributed by atoms with Gasteiger partial charge in [-0.15, -0.1) is 0 Å². The fourth-order valence-electron chi connectivity index (χ4n) is 2.14. The third-order valence-electron chi connectivity index (χ3n) is 3.52. The molecule has 0 saturated heterocycles. The van der Waals surface area contributed by atoms with Gasteiger partial charge < -0.3 is 12.9 Å². The highest BCUT2D eigenvalue weighted by molar-refractivity contribution is 7.07. The summed E-state index contributed by atoms with van der Waals surface area (Å²) in [5.74, 6) is -13.4. The van der Waals surface area contributed by atoms with E-state index in [0.29, 0.717) is 6.54 Å². The first-order valence-corrected chi connectivity index (χ1v) is 8.69. The van der Waals surface area contributed by atoms with Crippen molar-refractivity contribution in [2.24, 2.45) is 0 Å². The molecule has 0 unspecified atom stereocenters. The Balaban J connectivity index is 0.000000207. The van der Waals surface area contributed by atoms with Crippen LogP contribution >= 0.6 is 11.3 Å². The van der Waals surface area contributed by atoms with Crippen LogP contribution in [0.2, 0.25) is 0 Å². The van der Waals surface area contributed by atoms with Gasteiger partial charge in [0.05, 0.1) is 5.38 Å². The zero-order valence-electron chi connectivity index (χ0n) is 14.2. The van der Waals surface area contributed by atoms with E-state index in [1.54, 1.807) is 11.3 Å². The maximum atomic E-state index is 12.5. The molecule has 0 spiro atoms. The lowest BCUT2D eigenvalue weighted by Crippen LogP contribution is -2.41. The van der Waals surface area contributed by atoms with E-state index in [0.717, 1.165) is 5.56 Å². The van der Waals surface area contributed by atoms with Crippen LogP contribution in [0.15, 0.2) is 47.4 Å². The first-order chi connectivity index (χ1) is 13.5. The predicted molar refractivity (Wildman–Crippen MR) is 90.2 cm³/mol. The molecular formula is C17H10BF8NOS. The van der Waals surface area contributed by atoms with Crippen LogP contribution in [0.4, 0.5) is 34.9 Å². The van der Waals surface area contributed by atoms with Gasteiger partial charge in [0, 0.05) is 5.56 Å². The fraction of sp³-hybridized carbons (Fsp3) is 0.0588. The minimum Gasteiger partial charge on any atom is -0.445 e. The molecular weight excluding hydrogens is 429 g/mol. The second-order valence-electron chi connectivity index (χ2n) is 5.55. The highest BCUT2D eigenvalue weighted by Crippen LogP contribution is 2.21. The first-order valence-electron chi connectivity index (χ1n) is 7.74. The molecule has 12 heteroatoms. The number of thiazole rings is 1. The van der Waals surface area contributed by atoms with E-state index in [1.807, 2.05) is 52.0 Å². The molecule has 0 fully saturated rings. The minimum atomic E-state index is -6.30. The summed E-state index contributed by atoms with van der Waals surface area (Å²) in [6.07, 6.45) is 1.91. The number of nitrogens with zero attached hydrogens (tertiary/aromatic N) is 1. The van der Waals surface area contributed by atoms with Crippen LogP contribution in [0.25, 0.3) is 0 Å². The molecule has 2 nitrogen and oxygen atoms in total. The summed E-state index contributed by atoms with van der Waals surface area (Å²) in [6, 6.07) is 9.36. The second kappa shape index (κ2) is 9.16. The van der Waals surface area contributed by atoms with Crippen LogP contribution in [0, 0.1) is 29.1 Å². The summed E-state index contributed by atoms with van der Waals surface area (Å²) in [6.45, 7) is -5.88. The molecule has 3 rings (SSSR count). The summed E-state index contributed by atoms with van der Waals surface area (Å²) in [7, 11) is 0. The number of carbonyl (C=O) groups excluding carboxylic acids is 1. The molecule has 0 aliphatic rings. The quantitative estimate of drug-likeness (QED) is 0.148. The van der Waals surface area contributed by atoms with Crippen molar-refractivity contribution in [3.63, 3.8) is 0 Å². The van der Waals surface area contributed by atoms with Crippen LogP contribution in [0.5, 0.6) is 0 Å². The van der Waals surface area contributed by atoms with Crippen molar-refractivity contribution in [1.82, 2.24) is 0 Å². The molecule has 0 aliphatic carbocycles. The van der Waals surface area contributed by atoms with Crippen LogP contribution in [0.3, 0.4) is 0 Å². The van der Waals surface area contributed by atoms with E-state index in [1.165, 1.54) is 0 Å². The lowest BCUT2D eigenvalue weighted by molar-refractivity contribution is -0.678. The maximum absolute atomic E-state index is 12.5. The average molecular weight is 439 g/mol. The molecule has 0 amide bonds. The zero-order chi connectivity index (χ0) is 21.8. The van der Waals surface area contributed by atoms with E-state index in [-0.39, 0.29) is 5.78 Å². The summed E-state index contributed by atoms with van der Waals surface area (Å²) in [5, 5.41) is 1.96. The molecule has 0 atom stereocenters. The predicted octanol–water partition coefficient (Wildman–Crippen LogP) is 4.36. The normalized spacial score (nSPS) is 11.0.